The van der Waals surface area contributed by atoms with Crippen LogP contribution in [0.5, 0.6) is 0 Å². The minimum Gasteiger partial charge on any atom is -0.378 e. The number of piperidine rings is 1. The van der Waals surface area contributed by atoms with Crippen LogP contribution in [0, 0.1) is 0 Å². The van der Waals surface area contributed by atoms with Crippen molar-refractivity contribution in [2.24, 2.45) is 0 Å². The molecule has 2 aliphatic rings. The topological polar surface area (TPSA) is 36.0 Å². The number of rotatable bonds is 3. The highest BCUT2D eigenvalue weighted by Crippen LogP contribution is 2.29. The van der Waals surface area contributed by atoms with Crippen molar-refractivity contribution in [2.45, 2.75) is 31.9 Å². The predicted octanol–water partition coefficient (Wildman–Crippen LogP) is 1.97. The van der Waals surface area contributed by atoms with E-state index < -0.39 is 0 Å². The van der Waals surface area contributed by atoms with Crippen molar-refractivity contribution >= 4 is 11.6 Å². The van der Waals surface area contributed by atoms with Crippen molar-refractivity contribution < 1.29 is 9.53 Å². The Labute approximate surface area is 145 Å². The van der Waals surface area contributed by atoms with E-state index in [0.29, 0.717) is 0 Å². The molecule has 132 valence electrons. The number of morpholine rings is 1. The molecule has 3 rings (SSSR count). The maximum absolute atomic E-state index is 11.7. The molecular weight excluding hydrogens is 302 g/mol. The molecule has 0 aromatic heterocycles. The smallest absolute Gasteiger partial charge is 0.219 e. The average molecular weight is 331 g/mol. The number of carbonyl (C=O) groups is 1. The fourth-order valence-corrected chi connectivity index (χ4v) is 3.83. The molecule has 0 radical (unpaired) electrons. The number of amides is 1. The Bertz CT molecular complexity index is 568. The van der Waals surface area contributed by atoms with Crippen LogP contribution in [0.25, 0.3) is 0 Å². The Morgan fingerprint density at radius 2 is 1.96 bits per heavy atom. The number of ether oxygens (including phenoxy) is 1. The van der Waals surface area contributed by atoms with Crippen LogP contribution in [0.3, 0.4) is 0 Å². The molecule has 0 bridgehead atoms. The first-order valence-electron chi connectivity index (χ1n) is 8.86. The minimum absolute atomic E-state index is 0.161. The average Bonchev–Trinajstić information content (AvgIpc) is 2.55. The van der Waals surface area contributed by atoms with Gasteiger partial charge in [0.15, 0.2) is 0 Å². The molecule has 5 heteroatoms. The van der Waals surface area contributed by atoms with Gasteiger partial charge in [0.1, 0.15) is 0 Å². The second kappa shape index (κ2) is 7.11. The van der Waals surface area contributed by atoms with Crippen LogP contribution in [-0.2, 0) is 16.1 Å². The summed E-state index contributed by atoms with van der Waals surface area (Å²) in [6.07, 6.45) is 2.08. The first kappa shape index (κ1) is 17.2. The molecule has 1 atom stereocenters. The van der Waals surface area contributed by atoms with Gasteiger partial charge >= 0.3 is 0 Å². The molecule has 1 spiro atoms. The third kappa shape index (κ3) is 3.90. The highest BCUT2D eigenvalue weighted by Gasteiger charge is 2.41. The van der Waals surface area contributed by atoms with Gasteiger partial charge in [-0.1, -0.05) is 12.1 Å². The lowest BCUT2D eigenvalue weighted by atomic mass is 9.90. The summed E-state index contributed by atoms with van der Waals surface area (Å²) in [7, 11) is 4.12. The fourth-order valence-electron chi connectivity index (χ4n) is 3.83. The normalized spacial score (nSPS) is 25.0. The minimum atomic E-state index is -0.175. The summed E-state index contributed by atoms with van der Waals surface area (Å²) < 4.78 is 6.16. The molecule has 1 unspecified atom stereocenters. The lowest BCUT2D eigenvalue weighted by Crippen LogP contribution is -2.60. The van der Waals surface area contributed by atoms with Crippen molar-refractivity contribution in [3.63, 3.8) is 0 Å². The molecule has 2 heterocycles. The Morgan fingerprint density at radius 3 is 2.62 bits per heavy atom. The molecule has 2 saturated heterocycles. The molecule has 0 N–H and O–H groups in total. The van der Waals surface area contributed by atoms with Gasteiger partial charge in [-0.3, -0.25) is 9.69 Å². The van der Waals surface area contributed by atoms with Gasteiger partial charge in [-0.2, -0.15) is 0 Å². The van der Waals surface area contributed by atoms with Crippen molar-refractivity contribution in [1.29, 1.82) is 0 Å². The number of carbonyl (C=O) groups excluding carboxylic acids is 1. The molecule has 1 aromatic rings. The third-order valence-electron chi connectivity index (χ3n) is 5.17. The molecular formula is C19H29N3O2. The summed E-state index contributed by atoms with van der Waals surface area (Å²) in [5.41, 5.74) is 2.38. The Balaban J connectivity index is 1.64. The van der Waals surface area contributed by atoms with Crippen LogP contribution in [0.15, 0.2) is 24.3 Å². The van der Waals surface area contributed by atoms with Crippen LogP contribution < -0.4 is 4.90 Å². The van der Waals surface area contributed by atoms with Gasteiger partial charge in [0.25, 0.3) is 0 Å². The van der Waals surface area contributed by atoms with Gasteiger partial charge in [-0.05, 0) is 30.5 Å². The number of benzene rings is 1. The maximum atomic E-state index is 11.7. The highest BCUT2D eigenvalue weighted by molar-refractivity contribution is 5.73. The van der Waals surface area contributed by atoms with E-state index in [-0.39, 0.29) is 11.5 Å². The summed E-state index contributed by atoms with van der Waals surface area (Å²) in [6, 6.07) is 8.76. The van der Waals surface area contributed by atoms with E-state index in [1.54, 1.807) is 6.92 Å². The van der Waals surface area contributed by atoms with Gasteiger partial charge < -0.3 is 14.5 Å². The zero-order valence-corrected chi connectivity index (χ0v) is 15.1. The van der Waals surface area contributed by atoms with Crippen LogP contribution >= 0.6 is 0 Å². The van der Waals surface area contributed by atoms with Gasteiger partial charge in [0.05, 0.1) is 18.8 Å². The molecule has 1 amide bonds. The van der Waals surface area contributed by atoms with E-state index in [4.69, 9.17) is 4.74 Å². The summed E-state index contributed by atoms with van der Waals surface area (Å²) in [4.78, 5) is 18.3. The summed E-state index contributed by atoms with van der Waals surface area (Å²) >= 11 is 0. The summed E-state index contributed by atoms with van der Waals surface area (Å²) in [6.45, 7) is 6.82. The zero-order valence-electron chi connectivity index (χ0n) is 15.1. The zero-order chi connectivity index (χ0) is 17.2. The molecule has 5 nitrogen and oxygen atoms in total. The number of hydrogen-bond donors (Lipinski definition) is 0. The summed E-state index contributed by atoms with van der Waals surface area (Å²) in [5.74, 6) is 0.161. The van der Waals surface area contributed by atoms with Gasteiger partial charge in [-0.15, -0.1) is 0 Å². The van der Waals surface area contributed by atoms with Gasteiger partial charge in [0, 0.05) is 52.9 Å². The largest absolute Gasteiger partial charge is 0.378 e. The number of anilines is 1. The number of likely N-dealkylation sites (tertiary alicyclic amines) is 1. The second-order valence-corrected chi connectivity index (χ2v) is 7.35. The Morgan fingerprint density at radius 1 is 1.21 bits per heavy atom. The van der Waals surface area contributed by atoms with E-state index in [0.717, 1.165) is 52.2 Å². The van der Waals surface area contributed by atoms with E-state index in [1.165, 1.54) is 11.3 Å². The molecule has 0 aliphatic carbocycles. The van der Waals surface area contributed by atoms with E-state index in [9.17, 15) is 4.79 Å². The van der Waals surface area contributed by atoms with Crippen LogP contribution in [0.2, 0.25) is 0 Å². The van der Waals surface area contributed by atoms with Crippen molar-refractivity contribution in [1.82, 2.24) is 9.80 Å². The van der Waals surface area contributed by atoms with Crippen LogP contribution in [0.4, 0.5) is 5.69 Å². The molecule has 1 aromatic carbocycles. The van der Waals surface area contributed by atoms with Gasteiger partial charge in [-0.25, -0.2) is 0 Å². The molecule has 24 heavy (non-hydrogen) atoms. The van der Waals surface area contributed by atoms with Crippen LogP contribution in [-0.4, -0.2) is 68.2 Å². The quantitative estimate of drug-likeness (QED) is 0.848. The maximum Gasteiger partial charge on any atom is 0.219 e. The van der Waals surface area contributed by atoms with Gasteiger partial charge in [0.2, 0.25) is 5.91 Å². The van der Waals surface area contributed by atoms with E-state index in [2.05, 4.69) is 48.2 Å². The first-order valence-corrected chi connectivity index (χ1v) is 8.86. The third-order valence-corrected chi connectivity index (χ3v) is 5.17. The predicted molar refractivity (Wildman–Crippen MR) is 96.2 cm³/mol. The Hall–Kier alpha value is -1.59. The van der Waals surface area contributed by atoms with Crippen molar-refractivity contribution in [2.75, 3.05) is 51.8 Å². The van der Waals surface area contributed by atoms with Crippen molar-refractivity contribution in [3.05, 3.63) is 29.8 Å². The molecule has 2 fully saturated rings. The lowest BCUT2D eigenvalue weighted by Gasteiger charge is -2.48. The Kier molecular flexibility index (Phi) is 5.11. The van der Waals surface area contributed by atoms with E-state index in [1.807, 2.05) is 4.90 Å². The standard InChI is InChI=1S/C19H29N3O2/c1-16(23)22-10-4-9-19(15-22)14-21(11-12-24-19)13-17-5-7-18(8-6-17)20(2)3/h5-8H,4,9-15H2,1-3H3. The first-order chi connectivity index (χ1) is 11.5. The van der Waals surface area contributed by atoms with Crippen LogP contribution in [0.1, 0.15) is 25.3 Å². The molecule has 0 saturated carbocycles. The fraction of sp³-hybridized carbons (Fsp3) is 0.632. The lowest BCUT2D eigenvalue weighted by molar-refractivity contribution is -0.156. The van der Waals surface area contributed by atoms with E-state index >= 15 is 0 Å². The monoisotopic (exact) mass is 331 g/mol. The molecule has 2 aliphatic heterocycles. The SMILES string of the molecule is CC(=O)N1CCCC2(CN(Cc3ccc(N(C)C)cc3)CCO2)C1. The second-order valence-electron chi connectivity index (χ2n) is 7.35. The van der Waals surface area contributed by atoms with Crippen molar-refractivity contribution in [3.8, 4) is 0 Å². The summed E-state index contributed by atoms with van der Waals surface area (Å²) in [5, 5.41) is 0. The highest BCUT2D eigenvalue weighted by atomic mass is 16.5. The number of hydrogen-bond acceptors (Lipinski definition) is 4. The number of nitrogens with zero attached hydrogens (tertiary/aromatic N) is 3.